The Kier molecular flexibility index (Phi) is 5.44. The average molecular weight is 527 g/mol. The Bertz CT molecular complexity index is 1440. The molecule has 5 aliphatic rings. The van der Waals surface area contributed by atoms with E-state index in [9.17, 15) is 15.0 Å². The molecule has 2 aromatic rings. The molecule has 2 aliphatic heterocycles. The van der Waals surface area contributed by atoms with Crippen molar-refractivity contribution in [2.24, 2.45) is 11.8 Å². The van der Waals surface area contributed by atoms with Crippen LogP contribution in [0.2, 0.25) is 0 Å². The van der Waals surface area contributed by atoms with Crippen LogP contribution in [0.25, 0.3) is 0 Å². The van der Waals surface area contributed by atoms with Crippen LogP contribution < -0.4 is 4.74 Å². The van der Waals surface area contributed by atoms with E-state index in [1.807, 2.05) is 38.2 Å². The molecule has 6 atom stereocenters. The summed E-state index contributed by atoms with van der Waals surface area (Å²) in [5.41, 5.74) is 3.64. The average Bonchev–Trinajstić information content (AvgIpc) is 3.66. The fourth-order valence-electron chi connectivity index (χ4n) is 8.44. The molecule has 2 bridgehead atoms. The SMILES string of the molecule is Cc1ccc(C#CC(=O)N(C)[C@@H]2C[C@H](C)[C@@]3(O)[C@H]4Cc5ccc(O)c6c5[C@@]3(CCN4CC3CC3)[C@@H]2O6)cc1C. The number of carbonyl (C=O) groups is 1. The fraction of sp³-hybridized carbons (Fsp3) is 0.545. The first-order valence-corrected chi connectivity index (χ1v) is 14.5. The Labute approximate surface area is 231 Å². The summed E-state index contributed by atoms with van der Waals surface area (Å²) in [5.74, 6) is 6.98. The van der Waals surface area contributed by atoms with Crippen LogP contribution in [0.4, 0.5) is 0 Å². The first-order valence-electron chi connectivity index (χ1n) is 14.5. The van der Waals surface area contributed by atoms with Crippen molar-refractivity contribution in [2.75, 3.05) is 20.1 Å². The molecule has 2 saturated carbocycles. The quantitative estimate of drug-likeness (QED) is 0.597. The maximum atomic E-state index is 13.5. The summed E-state index contributed by atoms with van der Waals surface area (Å²) in [5, 5.41) is 23.8. The lowest BCUT2D eigenvalue weighted by atomic mass is 9.45. The maximum Gasteiger partial charge on any atom is 0.298 e. The molecular formula is C33H38N2O4. The topological polar surface area (TPSA) is 73.2 Å². The summed E-state index contributed by atoms with van der Waals surface area (Å²) in [4.78, 5) is 17.7. The summed E-state index contributed by atoms with van der Waals surface area (Å²) >= 11 is 0. The van der Waals surface area contributed by atoms with Crippen molar-refractivity contribution in [3.8, 4) is 23.3 Å². The molecule has 39 heavy (non-hydrogen) atoms. The number of carbonyl (C=O) groups excluding carboxylic acids is 1. The molecule has 0 radical (unpaired) electrons. The summed E-state index contributed by atoms with van der Waals surface area (Å²) in [6.07, 6.45) is 4.24. The highest BCUT2D eigenvalue weighted by Gasteiger charge is 2.75. The second-order valence-electron chi connectivity index (χ2n) is 12.9. The molecule has 1 amide bonds. The predicted octanol–water partition coefficient (Wildman–Crippen LogP) is 3.70. The highest BCUT2D eigenvalue weighted by molar-refractivity contribution is 5.94. The van der Waals surface area contributed by atoms with Gasteiger partial charge in [0.2, 0.25) is 0 Å². The number of ether oxygens (including phenoxy) is 1. The number of likely N-dealkylation sites (N-methyl/N-ethyl adjacent to an activating group) is 1. The zero-order chi connectivity index (χ0) is 27.3. The molecular weight excluding hydrogens is 488 g/mol. The van der Waals surface area contributed by atoms with Crippen molar-refractivity contribution < 1.29 is 19.7 Å². The number of aryl methyl sites for hydroxylation is 2. The Morgan fingerprint density at radius 1 is 1.21 bits per heavy atom. The van der Waals surface area contributed by atoms with Gasteiger partial charge in [-0.2, -0.15) is 0 Å². The number of rotatable bonds is 3. The van der Waals surface area contributed by atoms with E-state index in [2.05, 4.69) is 30.6 Å². The number of benzene rings is 2. The van der Waals surface area contributed by atoms with Crippen molar-refractivity contribution in [2.45, 2.75) is 82.1 Å². The van der Waals surface area contributed by atoms with Gasteiger partial charge in [-0.1, -0.05) is 25.0 Å². The molecule has 3 aliphatic carbocycles. The number of piperidine rings is 1. The lowest BCUT2D eigenvalue weighted by molar-refractivity contribution is -0.224. The summed E-state index contributed by atoms with van der Waals surface area (Å²) < 4.78 is 6.66. The molecule has 7 rings (SSSR count). The van der Waals surface area contributed by atoms with Crippen molar-refractivity contribution in [1.82, 2.24) is 9.80 Å². The van der Waals surface area contributed by atoms with Crippen LogP contribution in [0.5, 0.6) is 11.5 Å². The zero-order valence-electron chi connectivity index (χ0n) is 23.3. The van der Waals surface area contributed by atoms with Gasteiger partial charge in [0.05, 0.1) is 17.1 Å². The fourth-order valence-corrected chi connectivity index (χ4v) is 8.44. The lowest BCUT2D eigenvalue weighted by Gasteiger charge is -2.66. The molecule has 204 valence electrons. The number of hydrogen-bond acceptors (Lipinski definition) is 5. The molecule has 0 aromatic heterocycles. The number of phenolic OH excluding ortho intramolecular Hbond substituents is 1. The third-order valence-corrected chi connectivity index (χ3v) is 10.8. The number of hydrogen-bond donors (Lipinski definition) is 2. The van der Waals surface area contributed by atoms with Crippen LogP contribution >= 0.6 is 0 Å². The smallest absolute Gasteiger partial charge is 0.298 e. The second kappa shape index (κ2) is 8.49. The van der Waals surface area contributed by atoms with Crippen molar-refractivity contribution >= 4 is 5.91 Å². The van der Waals surface area contributed by atoms with Crippen LogP contribution in [0.1, 0.15) is 60.4 Å². The predicted molar refractivity (Wildman–Crippen MR) is 149 cm³/mol. The van der Waals surface area contributed by atoms with Crippen molar-refractivity contribution in [1.29, 1.82) is 0 Å². The van der Waals surface area contributed by atoms with E-state index >= 15 is 0 Å². The van der Waals surface area contributed by atoms with Gasteiger partial charge in [-0.3, -0.25) is 9.69 Å². The summed E-state index contributed by atoms with van der Waals surface area (Å²) in [6, 6.07) is 9.47. The number of likely N-dealkylation sites (tertiary alicyclic amines) is 1. The van der Waals surface area contributed by atoms with Gasteiger partial charge in [-0.05, 0) is 99.2 Å². The van der Waals surface area contributed by atoms with E-state index in [4.69, 9.17) is 4.74 Å². The zero-order valence-corrected chi connectivity index (χ0v) is 23.3. The first-order chi connectivity index (χ1) is 18.6. The van der Waals surface area contributed by atoms with Crippen LogP contribution in [-0.2, 0) is 16.6 Å². The lowest BCUT2D eigenvalue weighted by Crippen LogP contribution is -2.80. The molecule has 1 saturated heterocycles. The van der Waals surface area contributed by atoms with Gasteiger partial charge in [-0.15, -0.1) is 0 Å². The molecule has 2 aromatic carbocycles. The van der Waals surface area contributed by atoms with Gasteiger partial charge in [0, 0.05) is 36.7 Å². The summed E-state index contributed by atoms with van der Waals surface area (Å²) in [6.45, 7) is 8.18. The van der Waals surface area contributed by atoms with E-state index in [0.29, 0.717) is 12.2 Å². The first kappa shape index (κ1) is 25.0. The molecule has 1 spiro atoms. The molecule has 6 heteroatoms. The Balaban J connectivity index is 1.27. The van der Waals surface area contributed by atoms with Gasteiger partial charge in [0.15, 0.2) is 11.5 Å². The van der Waals surface area contributed by atoms with Gasteiger partial charge < -0.3 is 19.8 Å². The maximum absolute atomic E-state index is 13.5. The standard InChI is InChI=1S/C33H38N2O4/c1-19-5-6-22(15-20(19)2)9-12-28(37)34(4)25-16-21(3)33(38)27-17-24-10-11-26(36)30-29(24)32(33,31(25)39-30)13-14-35(27)18-23-7-8-23/h5-6,10-11,15,21,23,25,27,31,36,38H,7-8,13-14,16-18H2,1-4H3/t21-,25+,27+,31+,32-,33+/m0/s1. The van der Waals surface area contributed by atoms with Crippen LogP contribution in [0.3, 0.4) is 0 Å². The number of nitrogens with zero attached hydrogens (tertiary/aromatic N) is 2. The van der Waals surface area contributed by atoms with Crippen LogP contribution in [-0.4, -0.2) is 69.8 Å². The van der Waals surface area contributed by atoms with Gasteiger partial charge in [-0.25, -0.2) is 0 Å². The minimum absolute atomic E-state index is 0.00229. The highest BCUT2D eigenvalue weighted by atomic mass is 16.5. The number of aromatic hydroxyl groups is 1. The largest absolute Gasteiger partial charge is 0.504 e. The number of phenols is 1. The number of aliphatic hydroxyl groups is 1. The molecule has 3 fully saturated rings. The van der Waals surface area contributed by atoms with Gasteiger partial charge >= 0.3 is 0 Å². The molecule has 0 unspecified atom stereocenters. The monoisotopic (exact) mass is 526 g/mol. The van der Waals surface area contributed by atoms with E-state index in [1.54, 1.807) is 11.0 Å². The van der Waals surface area contributed by atoms with Crippen LogP contribution in [0.15, 0.2) is 30.3 Å². The third-order valence-electron chi connectivity index (χ3n) is 10.8. The van der Waals surface area contributed by atoms with Gasteiger partial charge in [0.1, 0.15) is 6.10 Å². The molecule has 6 nitrogen and oxygen atoms in total. The molecule has 2 N–H and O–H groups in total. The third kappa shape index (κ3) is 3.39. The normalized spacial score (nSPS) is 34.0. The number of amides is 1. The Hall–Kier alpha value is -3.01. The van der Waals surface area contributed by atoms with E-state index in [-0.39, 0.29) is 29.7 Å². The van der Waals surface area contributed by atoms with E-state index in [1.165, 1.54) is 18.4 Å². The van der Waals surface area contributed by atoms with Crippen molar-refractivity contribution in [3.63, 3.8) is 0 Å². The summed E-state index contributed by atoms with van der Waals surface area (Å²) in [7, 11) is 1.81. The van der Waals surface area contributed by atoms with Crippen molar-refractivity contribution in [3.05, 3.63) is 58.1 Å². The molecule has 2 heterocycles. The second-order valence-corrected chi connectivity index (χ2v) is 12.9. The van der Waals surface area contributed by atoms with E-state index < -0.39 is 17.1 Å². The van der Waals surface area contributed by atoms with Gasteiger partial charge in [0.25, 0.3) is 5.91 Å². The van der Waals surface area contributed by atoms with E-state index in [0.717, 1.165) is 54.1 Å². The Morgan fingerprint density at radius 3 is 2.74 bits per heavy atom. The Morgan fingerprint density at radius 2 is 2.00 bits per heavy atom. The van der Waals surface area contributed by atoms with Crippen LogP contribution in [0, 0.1) is 37.5 Å². The minimum atomic E-state index is -0.998. The highest BCUT2D eigenvalue weighted by Crippen LogP contribution is 2.67. The minimum Gasteiger partial charge on any atom is -0.504 e.